The molecule has 0 amide bonds. The summed E-state index contributed by atoms with van der Waals surface area (Å²) in [5, 5.41) is 18.8. The zero-order valence-electron chi connectivity index (χ0n) is 12.5. The maximum Gasteiger partial charge on any atom is 0.289 e. The van der Waals surface area contributed by atoms with Gasteiger partial charge in [-0.3, -0.25) is 5.73 Å². The summed E-state index contributed by atoms with van der Waals surface area (Å²) in [6.07, 6.45) is 1.89. The van der Waals surface area contributed by atoms with Crippen molar-refractivity contribution >= 4 is 45.6 Å². The molecule has 0 bridgehead atoms. The van der Waals surface area contributed by atoms with E-state index in [1.807, 2.05) is 32.1 Å². The van der Waals surface area contributed by atoms with Gasteiger partial charge in [-0.1, -0.05) is 0 Å². The van der Waals surface area contributed by atoms with E-state index in [-0.39, 0.29) is 5.82 Å². The number of pyridine rings is 1. The van der Waals surface area contributed by atoms with Crippen LogP contribution in [0.5, 0.6) is 0 Å². The summed E-state index contributed by atoms with van der Waals surface area (Å²) >= 11 is 2.10. The van der Waals surface area contributed by atoms with Gasteiger partial charge in [-0.25, -0.2) is 4.98 Å². The number of fused-ring (bicyclic) bond motifs is 1. The van der Waals surface area contributed by atoms with E-state index in [1.54, 1.807) is 0 Å². The number of nitriles is 2. The lowest BCUT2D eigenvalue weighted by molar-refractivity contribution is -0.364. The van der Waals surface area contributed by atoms with Crippen molar-refractivity contribution in [3.8, 4) is 12.1 Å². The van der Waals surface area contributed by atoms with E-state index in [2.05, 4.69) is 39.7 Å². The molecule has 0 atom stereocenters. The van der Waals surface area contributed by atoms with Crippen molar-refractivity contribution in [2.24, 2.45) is 0 Å². The molecule has 2 heterocycles. The van der Waals surface area contributed by atoms with Crippen LogP contribution < -0.4 is 10.7 Å². The number of aromatic amines is 1. The van der Waals surface area contributed by atoms with Gasteiger partial charge in [0.05, 0.1) is 0 Å². The number of allylic oxidation sites excluding steroid dienone is 3. The molecule has 0 unspecified atom stereocenters. The Bertz CT molecular complexity index is 983. The average Bonchev–Trinajstić information content (AvgIpc) is 3.02. The van der Waals surface area contributed by atoms with Crippen LogP contribution in [0.1, 0.15) is 35.1 Å². The summed E-state index contributed by atoms with van der Waals surface area (Å²) in [5.41, 5.74) is 10.8. The van der Waals surface area contributed by atoms with Crippen molar-refractivity contribution in [3.05, 3.63) is 49.6 Å². The highest BCUT2D eigenvalue weighted by Crippen LogP contribution is 2.42. The van der Waals surface area contributed by atoms with Gasteiger partial charge < -0.3 is 4.42 Å². The van der Waals surface area contributed by atoms with Crippen LogP contribution in [-0.4, -0.2) is 0 Å². The Morgan fingerprint density at radius 1 is 1.26 bits per heavy atom. The second-order valence-electron chi connectivity index (χ2n) is 5.21. The van der Waals surface area contributed by atoms with E-state index in [1.165, 1.54) is 0 Å². The number of hydrogen-bond donors (Lipinski definition) is 1. The van der Waals surface area contributed by atoms with E-state index in [9.17, 15) is 10.5 Å². The molecular formula is C17H12IN4O+. The number of hydrogen-bond acceptors (Lipinski definition) is 4. The lowest BCUT2D eigenvalue weighted by atomic mass is 9.96. The number of nitrogen functional groups attached to an aromatic ring is 1. The summed E-state index contributed by atoms with van der Waals surface area (Å²) in [6, 6.07) is 8.08. The predicted octanol–water partition coefficient (Wildman–Crippen LogP) is 3.31. The smallest absolute Gasteiger partial charge is 0.289 e. The van der Waals surface area contributed by atoms with Crippen molar-refractivity contribution < 1.29 is 9.40 Å². The van der Waals surface area contributed by atoms with Gasteiger partial charge in [-0.15, -0.1) is 0 Å². The highest BCUT2D eigenvalue weighted by molar-refractivity contribution is 14.1. The molecule has 0 aromatic carbocycles. The molecule has 0 saturated carbocycles. The van der Waals surface area contributed by atoms with Crippen LogP contribution in [0.3, 0.4) is 0 Å². The Kier molecular flexibility index (Phi) is 3.70. The molecule has 1 aliphatic rings. The van der Waals surface area contributed by atoms with Gasteiger partial charge in [0.1, 0.15) is 29.0 Å². The van der Waals surface area contributed by atoms with Gasteiger partial charge in [0.15, 0.2) is 9.46 Å². The molecule has 3 N–H and O–H groups in total. The highest BCUT2D eigenvalue weighted by atomic mass is 127. The van der Waals surface area contributed by atoms with Gasteiger partial charge in [0.2, 0.25) is 0 Å². The SMILES string of the molecule is CC1=C(C#N)c2[nH+]c(N)c(C#N)c(C)c2C1=Cc1ccc(I)o1. The summed E-state index contributed by atoms with van der Waals surface area (Å²) in [7, 11) is 0. The molecule has 5 nitrogen and oxygen atoms in total. The molecule has 2 aromatic rings. The van der Waals surface area contributed by atoms with Gasteiger partial charge in [-0.05, 0) is 71.4 Å². The zero-order chi connectivity index (χ0) is 16.7. The van der Waals surface area contributed by atoms with Gasteiger partial charge in [0.25, 0.3) is 5.82 Å². The standard InChI is InChI=1S/C17H11IN4O/c1-8-11(5-10-3-4-14(18)23-10)15-9(2)13(7-20)17(21)22-16(15)12(8)6-19/h3-5H,1-2H3,(H2,21,22)/p+1. The Morgan fingerprint density at radius 3 is 2.57 bits per heavy atom. The molecule has 0 fully saturated rings. The lowest BCUT2D eigenvalue weighted by Crippen LogP contribution is -2.20. The normalized spacial score (nSPS) is 14.7. The molecule has 0 spiro atoms. The van der Waals surface area contributed by atoms with E-state index < -0.39 is 0 Å². The predicted molar refractivity (Wildman–Crippen MR) is 94.4 cm³/mol. The number of H-pyrrole nitrogens is 1. The second kappa shape index (κ2) is 5.56. The first-order chi connectivity index (χ1) is 11.0. The quantitative estimate of drug-likeness (QED) is 0.723. The first-order valence-electron chi connectivity index (χ1n) is 6.82. The Labute approximate surface area is 146 Å². The minimum atomic E-state index is 0.276. The zero-order valence-corrected chi connectivity index (χ0v) is 14.6. The number of rotatable bonds is 1. The van der Waals surface area contributed by atoms with Gasteiger partial charge in [-0.2, -0.15) is 10.5 Å². The molecule has 2 aromatic heterocycles. The van der Waals surface area contributed by atoms with Crippen LogP contribution in [-0.2, 0) is 0 Å². The van der Waals surface area contributed by atoms with Crippen LogP contribution in [0.15, 0.2) is 22.1 Å². The largest absolute Gasteiger partial charge is 0.451 e. The molecule has 0 aliphatic heterocycles. The second-order valence-corrected chi connectivity index (χ2v) is 6.28. The first-order valence-corrected chi connectivity index (χ1v) is 7.90. The lowest BCUT2D eigenvalue weighted by Gasteiger charge is -2.07. The van der Waals surface area contributed by atoms with E-state index in [0.29, 0.717) is 22.6 Å². The molecule has 1 aliphatic carbocycles. The molecule has 23 heavy (non-hydrogen) atoms. The molecular weight excluding hydrogens is 403 g/mol. The molecule has 112 valence electrons. The Morgan fingerprint density at radius 2 is 2.00 bits per heavy atom. The van der Waals surface area contributed by atoms with Crippen molar-refractivity contribution in [1.29, 1.82) is 10.5 Å². The number of halogens is 1. The fourth-order valence-corrected chi connectivity index (χ4v) is 3.25. The minimum absolute atomic E-state index is 0.276. The topological polar surface area (TPSA) is 101 Å². The third-order valence-electron chi connectivity index (χ3n) is 3.93. The number of aromatic nitrogens is 1. The third kappa shape index (κ3) is 2.32. The van der Waals surface area contributed by atoms with Gasteiger partial charge >= 0.3 is 0 Å². The fourth-order valence-electron chi connectivity index (χ4n) is 2.82. The van der Waals surface area contributed by atoms with Crippen LogP contribution in [0.4, 0.5) is 5.82 Å². The Hall–Kier alpha value is -2.58. The summed E-state index contributed by atoms with van der Waals surface area (Å²) in [5.74, 6) is 0.974. The number of nitrogens with one attached hydrogen (secondary N) is 1. The first kappa shape index (κ1) is 15.3. The average molecular weight is 415 g/mol. The van der Waals surface area contributed by atoms with Crippen LogP contribution >= 0.6 is 22.6 Å². The molecule has 0 saturated heterocycles. The maximum absolute atomic E-state index is 9.49. The molecule has 6 heteroatoms. The number of nitrogens with two attached hydrogens (primary N) is 1. The van der Waals surface area contributed by atoms with Crippen molar-refractivity contribution in [1.82, 2.24) is 0 Å². The monoisotopic (exact) mass is 415 g/mol. The van der Waals surface area contributed by atoms with E-state index >= 15 is 0 Å². The van der Waals surface area contributed by atoms with Crippen molar-refractivity contribution in [2.45, 2.75) is 13.8 Å². The Balaban J connectivity index is 2.34. The van der Waals surface area contributed by atoms with Crippen LogP contribution in [0, 0.1) is 33.4 Å². The minimum Gasteiger partial charge on any atom is -0.451 e. The van der Waals surface area contributed by atoms with Crippen molar-refractivity contribution in [2.75, 3.05) is 5.73 Å². The number of anilines is 1. The fraction of sp³-hybridized carbons (Fsp3) is 0.118. The number of nitrogens with zero attached hydrogens (tertiary/aromatic N) is 2. The summed E-state index contributed by atoms with van der Waals surface area (Å²) < 4.78 is 6.39. The maximum atomic E-state index is 9.49. The molecule has 3 rings (SSSR count). The van der Waals surface area contributed by atoms with Crippen molar-refractivity contribution in [3.63, 3.8) is 0 Å². The third-order valence-corrected chi connectivity index (χ3v) is 4.51. The van der Waals surface area contributed by atoms with E-state index in [4.69, 9.17) is 10.2 Å². The summed E-state index contributed by atoms with van der Waals surface area (Å²) in [4.78, 5) is 3.00. The number of furan rings is 1. The summed E-state index contributed by atoms with van der Waals surface area (Å²) in [6.45, 7) is 3.72. The van der Waals surface area contributed by atoms with E-state index in [0.717, 1.165) is 26.0 Å². The van der Waals surface area contributed by atoms with Crippen LogP contribution in [0.2, 0.25) is 0 Å². The van der Waals surface area contributed by atoms with Crippen LogP contribution in [0.25, 0.3) is 17.2 Å². The highest BCUT2D eigenvalue weighted by Gasteiger charge is 2.32. The van der Waals surface area contributed by atoms with Gasteiger partial charge in [0, 0.05) is 5.56 Å². The molecule has 0 radical (unpaired) electrons.